The van der Waals surface area contributed by atoms with E-state index in [0.29, 0.717) is 10.6 Å². The van der Waals surface area contributed by atoms with E-state index in [1.165, 1.54) is 23.5 Å². The zero-order chi connectivity index (χ0) is 13.7. The Labute approximate surface area is 114 Å². The van der Waals surface area contributed by atoms with Crippen LogP contribution in [0.15, 0.2) is 18.2 Å². The predicted octanol–water partition coefficient (Wildman–Crippen LogP) is 3.03. The molecule has 2 aromatic rings. The molecule has 1 aromatic carbocycles. The quantitative estimate of drug-likeness (QED) is 0.828. The first-order valence-corrected chi connectivity index (χ1v) is 7.00. The highest BCUT2D eigenvalue weighted by Gasteiger charge is 2.09. The summed E-state index contributed by atoms with van der Waals surface area (Å²) >= 11 is 1.38. The molecule has 6 heteroatoms. The van der Waals surface area contributed by atoms with E-state index in [9.17, 15) is 8.78 Å². The Morgan fingerprint density at radius 3 is 2.58 bits per heavy atom. The average molecular weight is 283 g/mol. The fourth-order valence-corrected chi connectivity index (χ4v) is 2.56. The third-order valence-corrected chi connectivity index (χ3v) is 3.60. The second kappa shape index (κ2) is 6.68. The Morgan fingerprint density at radius 2 is 1.89 bits per heavy atom. The molecule has 0 aliphatic carbocycles. The number of halogens is 2. The SMILES string of the molecule is CCNCCCc1nnc(-c2cc(F)cc(F)c2)s1. The van der Waals surface area contributed by atoms with Crippen molar-refractivity contribution in [2.75, 3.05) is 13.1 Å². The van der Waals surface area contributed by atoms with Gasteiger partial charge in [0.2, 0.25) is 0 Å². The molecule has 0 radical (unpaired) electrons. The highest BCUT2D eigenvalue weighted by Crippen LogP contribution is 2.25. The summed E-state index contributed by atoms with van der Waals surface area (Å²) in [5.74, 6) is -1.20. The van der Waals surface area contributed by atoms with E-state index in [1.54, 1.807) is 0 Å². The maximum atomic E-state index is 13.1. The summed E-state index contributed by atoms with van der Waals surface area (Å²) in [5, 5.41) is 12.7. The minimum atomic E-state index is -0.598. The average Bonchev–Trinajstić information content (AvgIpc) is 2.82. The molecule has 0 atom stereocenters. The van der Waals surface area contributed by atoms with Crippen molar-refractivity contribution in [1.29, 1.82) is 0 Å². The van der Waals surface area contributed by atoms with Gasteiger partial charge in [-0.1, -0.05) is 18.3 Å². The molecule has 0 bridgehead atoms. The van der Waals surface area contributed by atoms with E-state index in [2.05, 4.69) is 22.4 Å². The third-order valence-electron chi connectivity index (χ3n) is 2.57. The Kier molecular flexibility index (Phi) is 4.93. The van der Waals surface area contributed by atoms with Gasteiger partial charge in [-0.2, -0.15) is 0 Å². The summed E-state index contributed by atoms with van der Waals surface area (Å²) in [6, 6.07) is 3.39. The zero-order valence-electron chi connectivity index (χ0n) is 10.6. The summed E-state index contributed by atoms with van der Waals surface area (Å²) in [7, 11) is 0. The predicted molar refractivity (Wildman–Crippen MR) is 72.1 cm³/mol. The first-order chi connectivity index (χ1) is 9.19. The van der Waals surface area contributed by atoms with Gasteiger partial charge in [0.15, 0.2) is 0 Å². The molecule has 3 nitrogen and oxygen atoms in total. The van der Waals surface area contributed by atoms with Crippen LogP contribution in [-0.4, -0.2) is 23.3 Å². The van der Waals surface area contributed by atoms with Crippen LogP contribution < -0.4 is 5.32 Å². The van der Waals surface area contributed by atoms with Crippen LogP contribution in [0.3, 0.4) is 0 Å². The number of aryl methyl sites for hydroxylation is 1. The number of nitrogens with one attached hydrogen (secondary N) is 1. The van der Waals surface area contributed by atoms with Crippen molar-refractivity contribution in [2.45, 2.75) is 19.8 Å². The van der Waals surface area contributed by atoms with Gasteiger partial charge in [-0.25, -0.2) is 8.78 Å². The molecule has 1 N–H and O–H groups in total. The number of rotatable bonds is 6. The molecule has 0 unspecified atom stereocenters. The maximum absolute atomic E-state index is 13.1. The van der Waals surface area contributed by atoms with Gasteiger partial charge in [0, 0.05) is 18.1 Å². The van der Waals surface area contributed by atoms with Crippen molar-refractivity contribution in [1.82, 2.24) is 15.5 Å². The van der Waals surface area contributed by atoms with Crippen LogP contribution >= 0.6 is 11.3 Å². The minimum Gasteiger partial charge on any atom is -0.317 e. The van der Waals surface area contributed by atoms with Crippen molar-refractivity contribution in [3.63, 3.8) is 0 Å². The lowest BCUT2D eigenvalue weighted by molar-refractivity contribution is 0.584. The van der Waals surface area contributed by atoms with Crippen molar-refractivity contribution in [3.8, 4) is 10.6 Å². The lowest BCUT2D eigenvalue weighted by atomic mass is 10.2. The van der Waals surface area contributed by atoms with Crippen molar-refractivity contribution >= 4 is 11.3 Å². The molecular formula is C13H15F2N3S. The van der Waals surface area contributed by atoms with Crippen LogP contribution in [0, 0.1) is 11.6 Å². The van der Waals surface area contributed by atoms with Crippen LogP contribution in [0.1, 0.15) is 18.4 Å². The number of benzene rings is 1. The molecule has 0 aliphatic rings. The van der Waals surface area contributed by atoms with Gasteiger partial charge in [-0.3, -0.25) is 0 Å². The van der Waals surface area contributed by atoms with E-state index < -0.39 is 11.6 Å². The van der Waals surface area contributed by atoms with Gasteiger partial charge in [-0.05, 0) is 31.6 Å². The molecule has 1 aromatic heterocycles. The molecule has 102 valence electrons. The first kappa shape index (κ1) is 14.0. The molecule has 0 saturated carbocycles. The largest absolute Gasteiger partial charge is 0.317 e. The number of hydrogen-bond acceptors (Lipinski definition) is 4. The summed E-state index contributed by atoms with van der Waals surface area (Å²) in [4.78, 5) is 0. The second-order valence-corrected chi connectivity index (χ2v) is 5.18. The number of hydrogen-bond donors (Lipinski definition) is 1. The fourth-order valence-electron chi connectivity index (χ4n) is 1.69. The molecule has 2 rings (SSSR count). The van der Waals surface area contributed by atoms with Gasteiger partial charge in [0.05, 0.1) is 0 Å². The Morgan fingerprint density at radius 1 is 1.16 bits per heavy atom. The maximum Gasteiger partial charge on any atom is 0.148 e. The van der Waals surface area contributed by atoms with Gasteiger partial charge in [0.1, 0.15) is 21.6 Å². The summed E-state index contributed by atoms with van der Waals surface area (Å²) in [6.07, 6.45) is 1.79. The van der Waals surface area contributed by atoms with Gasteiger partial charge in [-0.15, -0.1) is 10.2 Å². The highest BCUT2D eigenvalue weighted by atomic mass is 32.1. The Hall–Kier alpha value is -1.40. The smallest absolute Gasteiger partial charge is 0.148 e. The summed E-state index contributed by atoms with van der Waals surface area (Å²) in [6.45, 7) is 3.94. The molecule has 1 heterocycles. The molecule has 0 aliphatic heterocycles. The third kappa shape index (κ3) is 4.04. The normalized spacial score (nSPS) is 10.9. The number of aromatic nitrogens is 2. The fraction of sp³-hybridized carbons (Fsp3) is 0.385. The standard InChI is InChI=1S/C13H15F2N3S/c1-2-16-5-3-4-12-17-18-13(19-12)9-6-10(14)8-11(15)7-9/h6-8,16H,2-5H2,1H3. The second-order valence-electron chi connectivity index (χ2n) is 4.12. The Bertz CT molecular complexity index is 522. The summed E-state index contributed by atoms with van der Waals surface area (Å²) in [5.41, 5.74) is 0.438. The van der Waals surface area contributed by atoms with Gasteiger partial charge in [0.25, 0.3) is 0 Å². The van der Waals surface area contributed by atoms with Crippen LogP contribution in [0.2, 0.25) is 0 Å². The molecular weight excluding hydrogens is 268 g/mol. The highest BCUT2D eigenvalue weighted by molar-refractivity contribution is 7.14. The number of nitrogens with zero attached hydrogens (tertiary/aromatic N) is 2. The molecule has 0 spiro atoms. The molecule has 19 heavy (non-hydrogen) atoms. The van der Waals surface area contributed by atoms with Gasteiger partial charge < -0.3 is 5.32 Å². The van der Waals surface area contributed by atoms with Crippen LogP contribution in [-0.2, 0) is 6.42 Å². The molecule has 0 saturated heterocycles. The lowest BCUT2D eigenvalue weighted by Gasteiger charge is -1.98. The van der Waals surface area contributed by atoms with E-state index in [-0.39, 0.29) is 0 Å². The van der Waals surface area contributed by atoms with Crippen LogP contribution in [0.25, 0.3) is 10.6 Å². The van der Waals surface area contributed by atoms with E-state index in [1.807, 2.05) is 0 Å². The van der Waals surface area contributed by atoms with E-state index >= 15 is 0 Å². The first-order valence-electron chi connectivity index (χ1n) is 6.18. The van der Waals surface area contributed by atoms with Crippen molar-refractivity contribution in [2.24, 2.45) is 0 Å². The van der Waals surface area contributed by atoms with Crippen molar-refractivity contribution in [3.05, 3.63) is 34.8 Å². The van der Waals surface area contributed by atoms with Crippen molar-refractivity contribution < 1.29 is 8.78 Å². The topological polar surface area (TPSA) is 37.8 Å². The van der Waals surface area contributed by atoms with Crippen LogP contribution in [0.4, 0.5) is 8.78 Å². The molecule has 0 amide bonds. The zero-order valence-corrected chi connectivity index (χ0v) is 11.4. The van der Waals surface area contributed by atoms with Crippen LogP contribution in [0.5, 0.6) is 0 Å². The minimum absolute atomic E-state index is 0.438. The van der Waals surface area contributed by atoms with Gasteiger partial charge >= 0.3 is 0 Å². The van der Waals surface area contributed by atoms with E-state index in [0.717, 1.165) is 37.0 Å². The Balaban J connectivity index is 2.03. The molecule has 0 fully saturated rings. The summed E-state index contributed by atoms with van der Waals surface area (Å²) < 4.78 is 26.2. The monoisotopic (exact) mass is 283 g/mol. The lowest BCUT2D eigenvalue weighted by Crippen LogP contribution is -2.14. The van der Waals surface area contributed by atoms with E-state index in [4.69, 9.17) is 0 Å².